The van der Waals surface area contributed by atoms with Crippen molar-refractivity contribution < 1.29 is 22.8 Å². The lowest BCUT2D eigenvalue weighted by molar-refractivity contribution is -0.152. The van der Waals surface area contributed by atoms with Gasteiger partial charge in [-0.3, -0.25) is 9.59 Å². The summed E-state index contributed by atoms with van der Waals surface area (Å²) in [5.41, 5.74) is 0. The third-order valence-corrected chi connectivity index (χ3v) is 3.87. The Balaban J connectivity index is 2.00. The number of rotatable bonds is 5. The van der Waals surface area contributed by atoms with Crippen LogP contribution in [0.4, 0.5) is 13.2 Å². The first-order chi connectivity index (χ1) is 9.33. The molecule has 2 rings (SSSR count). The van der Waals surface area contributed by atoms with E-state index in [2.05, 4.69) is 5.32 Å². The molecule has 1 saturated carbocycles. The summed E-state index contributed by atoms with van der Waals surface area (Å²) in [6.45, 7) is 1.75. The first-order valence-electron chi connectivity index (χ1n) is 7.01. The van der Waals surface area contributed by atoms with Crippen molar-refractivity contribution in [3.8, 4) is 0 Å². The van der Waals surface area contributed by atoms with Gasteiger partial charge in [-0.2, -0.15) is 13.2 Å². The van der Waals surface area contributed by atoms with Crippen molar-refractivity contribution >= 4 is 11.8 Å². The van der Waals surface area contributed by atoms with Crippen molar-refractivity contribution in [1.29, 1.82) is 0 Å². The second kappa shape index (κ2) is 5.61. The number of halogens is 3. The minimum Gasteiger partial charge on any atom is -0.342 e. The van der Waals surface area contributed by atoms with E-state index >= 15 is 0 Å². The van der Waals surface area contributed by atoms with Gasteiger partial charge in [0.15, 0.2) is 0 Å². The second-order valence-electron chi connectivity index (χ2n) is 5.50. The number of hydrogen-bond donors (Lipinski definition) is 1. The molecule has 1 N–H and O–H groups in total. The number of carbonyl (C=O) groups is 2. The first-order valence-corrected chi connectivity index (χ1v) is 7.01. The van der Waals surface area contributed by atoms with Gasteiger partial charge in [0.25, 0.3) is 0 Å². The van der Waals surface area contributed by atoms with Gasteiger partial charge in [0, 0.05) is 13.0 Å². The molecule has 1 aliphatic heterocycles. The summed E-state index contributed by atoms with van der Waals surface area (Å²) in [6.07, 6.45) is -3.10. The average Bonchev–Trinajstić information content (AvgIpc) is 3.15. The molecule has 1 aliphatic carbocycles. The van der Waals surface area contributed by atoms with Crippen LogP contribution in [-0.4, -0.2) is 41.5 Å². The maximum Gasteiger partial charge on any atom is 0.389 e. The number of carbonyl (C=O) groups excluding carboxylic acids is 2. The van der Waals surface area contributed by atoms with Gasteiger partial charge in [-0.1, -0.05) is 6.92 Å². The highest BCUT2D eigenvalue weighted by Crippen LogP contribution is 2.35. The van der Waals surface area contributed by atoms with Crippen LogP contribution in [0.5, 0.6) is 0 Å². The molecule has 2 aliphatic rings. The van der Waals surface area contributed by atoms with E-state index in [-0.39, 0.29) is 30.7 Å². The summed E-state index contributed by atoms with van der Waals surface area (Å²) in [4.78, 5) is 25.6. The molecule has 0 radical (unpaired) electrons. The molecular weight excluding hydrogens is 273 g/mol. The molecule has 7 heteroatoms. The number of nitrogens with zero attached hydrogens (tertiary/aromatic N) is 1. The highest BCUT2D eigenvalue weighted by atomic mass is 19.4. The minimum absolute atomic E-state index is 0.00646. The van der Waals surface area contributed by atoms with Crippen molar-refractivity contribution in [2.45, 2.75) is 57.3 Å². The molecule has 4 nitrogen and oxygen atoms in total. The van der Waals surface area contributed by atoms with Gasteiger partial charge in [-0.15, -0.1) is 0 Å². The van der Waals surface area contributed by atoms with Gasteiger partial charge in [-0.25, -0.2) is 0 Å². The van der Waals surface area contributed by atoms with E-state index in [9.17, 15) is 22.8 Å². The van der Waals surface area contributed by atoms with Crippen LogP contribution in [0, 0.1) is 5.92 Å². The summed E-state index contributed by atoms with van der Waals surface area (Å²) >= 11 is 0. The molecule has 1 saturated heterocycles. The normalized spacial score (nSPS) is 27.7. The van der Waals surface area contributed by atoms with Gasteiger partial charge in [0.05, 0.1) is 0 Å². The Morgan fingerprint density at radius 2 is 1.95 bits per heavy atom. The van der Waals surface area contributed by atoms with Crippen LogP contribution in [0.15, 0.2) is 0 Å². The zero-order valence-electron chi connectivity index (χ0n) is 11.4. The Labute approximate surface area is 115 Å². The molecule has 2 atom stereocenters. The first kappa shape index (κ1) is 15.1. The van der Waals surface area contributed by atoms with Crippen LogP contribution < -0.4 is 5.32 Å². The lowest BCUT2D eigenvalue weighted by Crippen LogP contribution is -2.63. The monoisotopic (exact) mass is 292 g/mol. The predicted octanol–water partition coefficient (Wildman–Crippen LogP) is 1.84. The van der Waals surface area contributed by atoms with Crippen molar-refractivity contribution in [2.75, 3.05) is 6.54 Å². The molecule has 0 aromatic carbocycles. The van der Waals surface area contributed by atoms with E-state index in [1.165, 1.54) is 4.90 Å². The lowest BCUT2D eigenvalue weighted by atomic mass is 10.0. The van der Waals surface area contributed by atoms with Crippen molar-refractivity contribution in [3.63, 3.8) is 0 Å². The Morgan fingerprint density at radius 1 is 1.30 bits per heavy atom. The van der Waals surface area contributed by atoms with Crippen LogP contribution in [0.3, 0.4) is 0 Å². The molecule has 0 aromatic rings. The predicted molar refractivity (Wildman–Crippen MR) is 65.7 cm³/mol. The minimum atomic E-state index is -4.22. The Kier molecular flexibility index (Phi) is 4.25. The zero-order valence-corrected chi connectivity index (χ0v) is 11.4. The number of hydrogen-bond acceptors (Lipinski definition) is 2. The van der Waals surface area contributed by atoms with E-state index in [4.69, 9.17) is 0 Å². The zero-order chi connectivity index (χ0) is 14.9. The third kappa shape index (κ3) is 3.43. The number of piperazine rings is 1. The topological polar surface area (TPSA) is 49.4 Å². The van der Waals surface area contributed by atoms with Crippen LogP contribution in [-0.2, 0) is 9.59 Å². The Bertz CT molecular complexity index is 394. The molecule has 0 spiro atoms. The summed E-state index contributed by atoms with van der Waals surface area (Å²) in [5.74, 6) is -0.300. The van der Waals surface area contributed by atoms with Gasteiger partial charge >= 0.3 is 6.18 Å². The molecule has 20 heavy (non-hydrogen) atoms. The van der Waals surface area contributed by atoms with Crippen molar-refractivity contribution in [3.05, 3.63) is 0 Å². The Morgan fingerprint density at radius 3 is 2.45 bits per heavy atom. The molecular formula is C13H19F3N2O2. The van der Waals surface area contributed by atoms with Crippen LogP contribution in [0.2, 0.25) is 0 Å². The van der Waals surface area contributed by atoms with E-state index in [0.29, 0.717) is 6.42 Å². The van der Waals surface area contributed by atoms with Gasteiger partial charge in [0.1, 0.15) is 12.1 Å². The molecule has 0 aromatic heterocycles. The van der Waals surface area contributed by atoms with E-state index < -0.39 is 24.7 Å². The second-order valence-corrected chi connectivity index (χ2v) is 5.50. The quantitative estimate of drug-likeness (QED) is 0.840. The fourth-order valence-electron chi connectivity index (χ4n) is 2.66. The van der Waals surface area contributed by atoms with Crippen LogP contribution in [0.1, 0.15) is 39.0 Å². The smallest absolute Gasteiger partial charge is 0.342 e. The van der Waals surface area contributed by atoms with Crippen LogP contribution >= 0.6 is 0 Å². The Hall–Kier alpha value is -1.27. The maximum absolute atomic E-state index is 12.3. The molecule has 2 amide bonds. The summed E-state index contributed by atoms with van der Waals surface area (Å²) in [7, 11) is 0. The standard InChI is InChI=1S/C13H19F3N2O2/c1-2-9-11(19)17-10(8-4-5-8)12(20)18(9)7-3-6-13(14,15)16/h8-10H,2-7H2,1H3,(H,17,19). The summed E-state index contributed by atoms with van der Waals surface area (Å²) in [6, 6.07) is -1.16. The third-order valence-electron chi connectivity index (χ3n) is 3.87. The highest BCUT2D eigenvalue weighted by Gasteiger charge is 2.46. The number of alkyl halides is 3. The average molecular weight is 292 g/mol. The lowest BCUT2D eigenvalue weighted by Gasteiger charge is -2.39. The molecule has 2 fully saturated rings. The molecule has 114 valence electrons. The SMILES string of the molecule is CCC1C(=O)NC(C2CC2)C(=O)N1CCCC(F)(F)F. The van der Waals surface area contributed by atoms with Gasteiger partial charge in [-0.05, 0) is 31.6 Å². The van der Waals surface area contributed by atoms with E-state index in [1.54, 1.807) is 6.92 Å². The van der Waals surface area contributed by atoms with Crippen molar-refractivity contribution in [1.82, 2.24) is 10.2 Å². The van der Waals surface area contributed by atoms with Crippen molar-refractivity contribution in [2.24, 2.45) is 5.92 Å². The summed E-state index contributed by atoms with van der Waals surface area (Å²) < 4.78 is 36.6. The number of nitrogens with one attached hydrogen (secondary N) is 1. The van der Waals surface area contributed by atoms with Crippen LogP contribution in [0.25, 0.3) is 0 Å². The highest BCUT2D eigenvalue weighted by molar-refractivity contribution is 5.97. The van der Waals surface area contributed by atoms with Gasteiger partial charge < -0.3 is 10.2 Å². The molecule has 2 unspecified atom stereocenters. The fraction of sp³-hybridized carbons (Fsp3) is 0.846. The molecule has 1 heterocycles. The largest absolute Gasteiger partial charge is 0.389 e. The van der Waals surface area contributed by atoms with Gasteiger partial charge in [0.2, 0.25) is 11.8 Å². The van der Waals surface area contributed by atoms with E-state index in [0.717, 1.165) is 12.8 Å². The maximum atomic E-state index is 12.3. The fourth-order valence-corrected chi connectivity index (χ4v) is 2.66. The molecule has 0 bridgehead atoms. The summed E-state index contributed by atoms with van der Waals surface area (Å²) in [5, 5.41) is 2.71. The van der Waals surface area contributed by atoms with E-state index in [1.807, 2.05) is 0 Å². The number of amides is 2.